The third-order valence-corrected chi connectivity index (χ3v) is 6.00. The van der Waals surface area contributed by atoms with E-state index in [9.17, 15) is 4.79 Å². The Bertz CT molecular complexity index is 1390. The van der Waals surface area contributed by atoms with Crippen LogP contribution in [0.25, 0.3) is 28.2 Å². The van der Waals surface area contributed by atoms with E-state index in [1.165, 1.54) is 5.56 Å². The number of nitrogens with zero attached hydrogens (tertiary/aromatic N) is 2. The SMILES string of the molecule is COc1ccc([C@@H](C)NC(=O)/C=C/c2c[nH]c3ncc(-c4cccc(CN(C)C)c4)cc23)cc1OC. The molecule has 0 aliphatic carbocycles. The summed E-state index contributed by atoms with van der Waals surface area (Å²) in [5.74, 6) is 1.09. The zero-order valence-electron chi connectivity index (χ0n) is 21.3. The Kier molecular flexibility index (Phi) is 7.71. The number of amides is 1. The van der Waals surface area contributed by atoms with E-state index in [4.69, 9.17) is 9.47 Å². The lowest BCUT2D eigenvalue weighted by Crippen LogP contribution is -2.24. The molecule has 2 heterocycles. The van der Waals surface area contributed by atoms with Crippen LogP contribution in [0.15, 0.2) is 67.0 Å². The van der Waals surface area contributed by atoms with Crippen molar-refractivity contribution < 1.29 is 14.3 Å². The largest absolute Gasteiger partial charge is 0.493 e. The molecule has 4 rings (SSSR count). The lowest BCUT2D eigenvalue weighted by molar-refractivity contribution is -0.117. The molecule has 0 saturated heterocycles. The van der Waals surface area contributed by atoms with Crippen LogP contribution in [0.5, 0.6) is 11.5 Å². The molecule has 2 N–H and O–H groups in total. The van der Waals surface area contributed by atoms with E-state index in [1.807, 2.05) is 43.6 Å². The summed E-state index contributed by atoms with van der Waals surface area (Å²) < 4.78 is 10.7. The van der Waals surface area contributed by atoms with Crippen molar-refractivity contribution in [3.05, 3.63) is 83.7 Å². The molecule has 0 bridgehead atoms. The number of benzene rings is 2. The highest BCUT2D eigenvalue weighted by Gasteiger charge is 2.12. The fraction of sp³-hybridized carbons (Fsp3) is 0.241. The number of rotatable bonds is 9. The minimum Gasteiger partial charge on any atom is -0.493 e. The van der Waals surface area contributed by atoms with Crippen molar-refractivity contribution in [2.45, 2.75) is 19.5 Å². The fourth-order valence-electron chi connectivity index (χ4n) is 4.17. The van der Waals surface area contributed by atoms with Crippen LogP contribution in [-0.4, -0.2) is 49.1 Å². The van der Waals surface area contributed by atoms with Crippen molar-refractivity contribution in [3.8, 4) is 22.6 Å². The third-order valence-electron chi connectivity index (χ3n) is 6.00. The van der Waals surface area contributed by atoms with Crippen LogP contribution in [0.4, 0.5) is 0 Å². The van der Waals surface area contributed by atoms with E-state index in [-0.39, 0.29) is 11.9 Å². The lowest BCUT2D eigenvalue weighted by atomic mass is 10.0. The molecule has 0 aliphatic heterocycles. The molecule has 0 saturated carbocycles. The molecule has 0 fully saturated rings. The first kappa shape index (κ1) is 25.0. The van der Waals surface area contributed by atoms with Gasteiger partial charge in [0.1, 0.15) is 5.65 Å². The van der Waals surface area contributed by atoms with Crippen molar-refractivity contribution in [1.82, 2.24) is 20.2 Å². The number of hydrogen-bond acceptors (Lipinski definition) is 5. The molecule has 186 valence electrons. The van der Waals surface area contributed by atoms with Gasteiger partial charge in [-0.1, -0.05) is 24.3 Å². The van der Waals surface area contributed by atoms with Gasteiger partial charge in [-0.05, 0) is 68.1 Å². The van der Waals surface area contributed by atoms with Crippen molar-refractivity contribution >= 4 is 23.0 Å². The Hall–Kier alpha value is -4.10. The molecule has 0 radical (unpaired) electrons. The van der Waals surface area contributed by atoms with Crippen molar-refractivity contribution in [1.29, 1.82) is 0 Å². The Labute approximate surface area is 211 Å². The lowest BCUT2D eigenvalue weighted by Gasteiger charge is -2.15. The summed E-state index contributed by atoms with van der Waals surface area (Å²) in [6.07, 6.45) is 7.09. The van der Waals surface area contributed by atoms with Crippen LogP contribution in [0, 0.1) is 0 Å². The maximum absolute atomic E-state index is 12.7. The van der Waals surface area contributed by atoms with E-state index >= 15 is 0 Å². The number of hydrogen-bond donors (Lipinski definition) is 2. The van der Waals surface area contributed by atoms with Gasteiger partial charge in [0.05, 0.1) is 20.3 Å². The maximum atomic E-state index is 12.7. The molecule has 2 aromatic heterocycles. The standard InChI is InChI=1S/C29H32N4O3/c1-19(21-9-11-26(35-4)27(15-21)36-5)32-28(34)12-10-23-16-30-29-25(23)14-24(17-31-29)22-8-6-7-20(13-22)18-33(2)3/h6-17,19H,18H2,1-5H3,(H,30,31)(H,32,34)/b12-10+/t19-/m1/s1. The second kappa shape index (κ2) is 11.1. The summed E-state index contributed by atoms with van der Waals surface area (Å²) in [6.45, 7) is 2.80. The van der Waals surface area contributed by atoms with Gasteiger partial charge in [0.25, 0.3) is 0 Å². The van der Waals surface area contributed by atoms with Gasteiger partial charge in [0.15, 0.2) is 11.5 Å². The van der Waals surface area contributed by atoms with E-state index in [1.54, 1.807) is 20.3 Å². The number of nitrogens with one attached hydrogen (secondary N) is 2. The van der Waals surface area contributed by atoms with E-state index in [0.29, 0.717) is 11.5 Å². The van der Waals surface area contributed by atoms with Gasteiger partial charge in [-0.2, -0.15) is 0 Å². The van der Waals surface area contributed by atoms with E-state index < -0.39 is 0 Å². The Morgan fingerprint density at radius 2 is 1.89 bits per heavy atom. The predicted octanol–water partition coefficient (Wildman–Crippen LogP) is 5.20. The van der Waals surface area contributed by atoms with Crippen LogP contribution >= 0.6 is 0 Å². The number of H-pyrrole nitrogens is 1. The molecule has 7 heteroatoms. The second-order valence-electron chi connectivity index (χ2n) is 8.98. The maximum Gasteiger partial charge on any atom is 0.244 e. The fourth-order valence-corrected chi connectivity index (χ4v) is 4.17. The molecule has 0 unspecified atom stereocenters. The number of methoxy groups -OCH3 is 2. The smallest absolute Gasteiger partial charge is 0.244 e. The van der Waals surface area contributed by atoms with Crippen LogP contribution in [0.2, 0.25) is 0 Å². The van der Waals surface area contributed by atoms with Gasteiger partial charge in [0.2, 0.25) is 5.91 Å². The molecule has 7 nitrogen and oxygen atoms in total. The first-order valence-electron chi connectivity index (χ1n) is 11.8. The highest BCUT2D eigenvalue weighted by atomic mass is 16.5. The number of pyridine rings is 1. The normalized spacial score (nSPS) is 12.3. The average molecular weight is 485 g/mol. The summed E-state index contributed by atoms with van der Waals surface area (Å²) in [5.41, 5.74) is 5.99. The Balaban J connectivity index is 1.50. The van der Waals surface area contributed by atoms with Gasteiger partial charge in [-0.25, -0.2) is 4.98 Å². The summed E-state index contributed by atoms with van der Waals surface area (Å²) in [4.78, 5) is 22.6. The topological polar surface area (TPSA) is 79.5 Å². The molecular formula is C29H32N4O3. The second-order valence-corrected chi connectivity index (χ2v) is 8.98. The Morgan fingerprint density at radius 1 is 1.08 bits per heavy atom. The zero-order chi connectivity index (χ0) is 25.7. The molecule has 36 heavy (non-hydrogen) atoms. The predicted molar refractivity (Wildman–Crippen MR) is 144 cm³/mol. The summed E-state index contributed by atoms with van der Waals surface area (Å²) in [5, 5.41) is 3.96. The van der Waals surface area contributed by atoms with Crippen LogP contribution in [0.3, 0.4) is 0 Å². The minimum absolute atomic E-state index is 0.188. The van der Waals surface area contributed by atoms with Gasteiger partial charge in [-0.3, -0.25) is 4.79 Å². The number of carbonyl (C=O) groups is 1. The quantitative estimate of drug-likeness (QED) is 0.319. The van der Waals surface area contributed by atoms with Gasteiger partial charge < -0.3 is 24.7 Å². The molecular weight excluding hydrogens is 452 g/mol. The first-order valence-corrected chi connectivity index (χ1v) is 11.8. The van der Waals surface area contributed by atoms with Gasteiger partial charge >= 0.3 is 0 Å². The number of aromatic amines is 1. The number of ether oxygens (including phenoxy) is 2. The molecule has 1 atom stereocenters. The molecule has 2 aromatic carbocycles. The molecule has 0 aliphatic rings. The third kappa shape index (κ3) is 5.75. The average Bonchev–Trinajstić information content (AvgIpc) is 3.29. The highest BCUT2D eigenvalue weighted by Crippen LogP contribution is 2.30. The van der Waals surface area contributed by atoms with E-state index in [0.717, 1.165) is 39.8 Å². The molecule has 0 spiro atoms. The van der Waals surface area contributed by atoms with Crippen molar-refractivity contribution in [3.63, 3.8) is 0 Å². The van der Waals surface area contributed by atoms with Crippen LogP contribution < -0.4 is 14.8 Å². The number of fused-ring (bicyclic) bond motifs is 1. The van der Waals surface area contributed by atoms with Crippen LogP contribution in [0.1, 0.15) is 29.7 Å². The first-order chi connectivity index (χ1) is 17.4. The van der Waals surface area contributed by atoms with E-state index in [2.05, 4.69) is 64.6 Å². The number of aromatic nitrogens is 2. The van der Waals surface area contributed by atoms with Crippen molar-refractivity contribution in [2.24, 2.45) is 0 Å². The molecule has 4 aromatic rings. The summed E-state index contributed by atoms with van der Waals surface area (Å²) in [7, 11) is 7.31. The van der Waals surface area contributed by atoms with Gasteiger partial charge in [-0.15, -0.1) is 0 Å². The highest BCUT2D eigenvalue weighted by molar-refractivity contribution is 5.96. The zero-order valence-corrected chi connectivity index (χ0v) is 21.3. The Morgan fingerprint density at radius 3 is 2.64 bits per heavy atom. The van der Waals surface area contributed by atoms with Gasteiger partial charge in [0, 0.05) is 41.5 Å². The minimum atomic E-state index is -0.201. The molecule has 1 amide bonds. The number of carbonyl (C=O) groups excluding carboxylic acids is 1. The van der Waals surface area contributed by atoms with Crippen molar-refractivity contribution in [2.75, 3.05) is 28.3 Å². The van der Waals surface area contributed by atoms with Crippen LogP contribution in [-0.2, 0) is 11.3 Å². The monoisotopic (exact) mass is 484 g/mol. The summed E-state index contributed by atoms with van der Waals surface area (Å²) >= 11 is 0. The summed E-state index contributed by atoms with van der Waals surface area (Å²) in [6, 6.07) is 16.0.